The van der Waals surface area contributed by atoms with E-state index >= 15 is 0 Å². The van der Waals surface area contributed by atoms with Crippen LogP contribution in [0.2, 0.25) is 0 Å². The van der Waals surface area contributed by atoms with Crippen molar-refractivity contribution in [3.63, 3.8) is 0 Å². The molecule has 1 aromatic rings. The summed E-state index contributed by atoms with van der Waals surface area (Å²) in [6, 6.07) is 5.38. The van der Waals surface area contributed by atoms with Gasteiger partial charge in [0.05, 0.1) is 11.4 Å². The molecular weight excluding hydrogens is 276 g/mol. The molecule has 1 unspecified atom stereocenters. The number of anilines is 2. The summed E-state index contributed by atoms with van der Waals surface area (Å²) in [6.07, 6.45) is 0. The summed E-state index contributed by atoms with van der Waals surface area (Å²) >= 11 is 0. The lowest BCUT2D eigenvalue weighted by Crippen LogP contribution is -2.51. The van der Waals surface area contributed by atoms with Gasteiger partial charge in [0.2, 0.25) is 10.0 Å². The molecule has 112 valence electrons. The SMILES string of the molecule is CCN1CCN(c2cccc(S(N)(=O)=O)c2N)CC1C. The standard InChI is InChI=1S/C13H22N4O2S/c1-3-16-7-8-17(9-10(16)2)11-5-4-6-12(13(11)14)20(15,18)19/h4-6,10H,3,7-9,14H2,1-2H3,(H2,15,18,19). The molecule has 1 saturated heterocycles. The Bertz CT molecular complexity index is 588. The second-order valence-corrected chi connectivity index (χ2v) is 6.69. The minimum atomic E-state index is -3.79. The van der Waals surface area contributed by atoms with Crippen LogP contribution in [0.3, 0.4) is 0 Å². The third-order valence-corrected chi connectivity index (χ3v) is 4.83. The third kappa shape index (κ3) is 2.89. The van der Waals surface area contributed by atoms with Crippen LogP contribution in [0.25, 0.3) is 0 Å². The number of para-hydroxylation sites is 1. The van der Waals surface area contributed by atoms with Crippen LogP contribution in [0.4, 0.5) is 11.4 Å². The smallest absolute Gasteiger partial charge is 0.240 e. The topological polar surface area (TPSA) is 92.7 Å². The van der Waals surface area contributed by atoms with Gasteiger partial charge in [-0.3, -0.25) is 4.90 Å². The average molecular weight is 298 g/mol. The van der Waals surface area contributed by atoms with Crippen LogP contribution in [0.5, 0.6) is 0 Å². The Balaban J connectivity index is 2.31. The van der Waals surface area contributed by atoms with Crippen molar-refractivity contribution in [3.05, 3.63) is 18.2 Å². The number of rotatable bonds is 3. The predicted octanol–water partition coefficient (Wildman–Crippen LogP) is 0.447. The molecule has 0 aliphatic carbocycles. The first kappa shape index (κ1) is 15.1. The van der Waals surface area contributed by atoms with E-state index in [1.165, 1.54) is 6.07 Å². The summed E-state index contributed by atoms with van der Waals surface area (Å²) < 4.78 is 23.0. The first-order chi connectivity index (χ1) is 9.34. The second kappa shape index (κ2) is 5.59. The Morgan fingerprint density at radius 1 is 1.35 bits per heavy atom. The predicted molar refractivity (Wildman–Crippen MR) is 81.1 cm³/mol. The van der Waals surface area contributed by atoms with Gasteiger partial charge in [-0.1, -0.05) is 13.0 Å². The van der Waals surface area contributed by atoms with Gasteiger partial charge in [0, 0.05) is 25.7 Å². The third-order valence-electron chi connectivity index (χ3n) is 3.86. The van der Waals surface area contributed by atoms with Crippen molar-refractivity contribution in [3.8, 4) is 0 Å². The number of nitrogens with two attached hydrogens (primary N) is 2. The minimum Gasteiger partial charge on any atom is -0.396 e. The van der Waals surface area contributed by atoms with Crippen molar-refractivity contribution >= 4 is 21.4 Å². The summed E-state index contributed by atoms with van der Waals surface area (Å²) in [4.78, 5) is 4.51. The van der Waals surface area contributed by atoms with E-state index in [1.54, 1.807) is 6.07 Å². The summed E-state index contributed by atoms with van der Waals surface area (Å²) in [7, 11) is -3.79. The fourth-order valence-corrected chi connectivity index (χ4v) is 3.42. The molecule has 1 heterocycles. The molecule has 0 radical (unpaired) electrons. The van der Waals surface area contributed by atoms with Crippen LogP contribution in [0.1, 0.15) is 13.8 Å². The molecule has 0 bridgehead atoms. The summed E-state index contributed by atoms with van der Waals surface area (Å²) in [5.74, 6) is 0. The van der Waals surface area contributed by atoms with Gasteiger partial charge in [0.25, 0.3) is 0 Å². The zero-order valence-corrected chi connectivity index (χ0v) is 12.7. The van der Waals surface area contributed by atoms with Crippen LogP contribution < -0.4 is 15.8 Å². The highest BCUT2D eigenvalue weighted by molar-refractivity contribution is 7.89. The maximum absolute atomic E-state index is 11.5. The molecule has 4 N–H and O–H groups in total. The maximum atomic E-state index is 11.5. The molecule has 0 aromatic heterocycles. The monoisotopic (exact) mass is 298 g/mol. The lowest BCUT2D eigenvalue weighted by Gasteiger charge is -2.41. The van der Waals surface area contributed by atoms with Crippen molar-refractivity contribution < 1.29 is 8.42 Å². The van der Waals surface area contributed by atoms with E-state index in [2.05, 4.69) is 23.6 Å². The first-order valence-electron chi connectivity index (χ1n) is 6.75. The molecule has 0 amide bonds. The van der Waals surface area contributed by atoms with E-state index in [-0.39, 0.29) is 10.6 Å². The van der Waals surface area contributed by atoms with Gasteiger partial charge in [-0.15, -0.1) is 0 Å². The van der Waals surface area contributed by atoms with Crippen LogP contribution in [-0.4, -0.2) is 45.5 Å². The van der Waals surface area contributed by atoms with Crippen LogP contribution in [0, 0.1) is 0 Å². The van der Waals surface area contributed by atoms with Crippen molar-refractivity contribution in [2.24, 2.45) is 5.14 Å². The van der Waals surface area contributed by atoms with Crippen molar-refractivity contribution in [1.82, 2.24) is 4.90 Å². The molecule has 1 atom stereocenters. The van der Waals surface area contributed by atoms with Gasteiger partial charge >= 0.3 is 0 Å². The summed E-state index contributed by atoms with van der Waals surface area (Å²) in [5, 5.41) is 5.19. The number of sulfonamides is 1. The second-order valence-electron chi connectivity index (χ2n) is 5.16. The number of hydrogen-bond acceptors (Lipinski definition) is 5. The van der Waals surface area contributed by atoms with Crippen molar-refractivity contribution in [1.29, 1.82) is 0 Å². The molecule has 1 aliphatic rings. The average Bonchev–Trinajstić information content (AvgIpc) is 2.37. The van der Waals surface area contributed by atoms with Gasteiger partial charge in [-0.25, -0.2) is 13.6 Å². The fraction of sp³-hybridized carbons (Fsp3) is 0.538. The number of piperazine rings is 1. The van der Waals surface area contributed by atoms with E-state index in [1.807, 2.05) is 6.07 Å². The Kier molecular flexibility index (Phi) is 4.22. The quantitative estimate of drug-likeness (QED) is 0.790. The van der Waals surface area contributed by atoms with Crippen LogP contribution >= 0.6 is 0 Å². The van der Waals surface area contributed by atoms with Crippen LogP contribution in [-0.2, 0) is 10.0 Å². The normalized spacial score (nSPS) is 21.1. The van der Waals surface area contributed by atoms with E-state index < -0.39 is 10.0 Å². The number of hydrogen-bond donors (Lipinski definition) is 2. The maximum Gasteiger partial charge on any atom is 0.240 e. The highest BCUT2D eigenvalue weighted by Gasteiger charge is 2.25. The Labute approximate surface area is 120 Å². The lowest BCUT2D eigenvalue weighted by atomic mass is 10.1. The molecular formula is C13H22N4O2S. The fourth-order valence-electron chi connectivity index (χ4n) is 2.74. The number of nitrogens with zero attached hydrogens (tertiary/aromatic N) is 2. The van der Waals surface area contributed by atoms with Crippen molar-refractivity contribution in [2.75, 3.05) is 36.8 Å². The molecule has 1 fully saturated rings. The number of likely N-dealkylation sites (N-methyl/N-ethyl adjacent to an activating group) is 1. The van der Waals surface area contributed by atoms with E-state index in [0.29, 0.717) is 6.04 Å². The van der Waals surface area contributed by atoms with Gasteiger partial charge in [0.1, 0.15) is 4.90 Å². The summed E-state index contributed by atoms with van der Waals surface area (Å²) in [6.45, 7) is 7.92. The lowest BCUT2D eigenvalue weighted by molar-refractivity contribution is 0.199. The molecule has 1 aliphatic heterocycles. The van der Waals surface area contributed by atoms with Crippen molar-refractivity contribution in [2.45, 2.75) is 24.8 Å². The van der Waals surface area contributed by atoms with E-state index in [9.17, 15) is 8.42 Å². The number of benzene rings is 1. The largest absolute Gasteiger partial charge is 0.396 e. The zero-order chi connectivity index (χ0) is 14.9. The molecule has 0 spiro atoms. The molecule has 7 heteroatoms. The first-order valence-corrected chi connectivity index (χ1v) is 8.29. The van der Waals surface area contributed by atoms with Gasteiger partial charge in [-0.05, 0) is 25.6 Å². The molecule has 1 aromatic carbocycles. The molecule has 20 heavy (non-hydrogen) atoms. The number of nitrogen functional groups attached to an aromatic ring is 1. The van der Waals surface area contributed by atoms with E-state index in [0.717, 1.165) is 31.9 Å². The van der Waals surface area contributed by atoms with Crippen LogP contribution in [0.15, 0.2) is 23.1 Å². The Morgan fingerprint density at radius 3 is 2.60 bits per heavy atom. The Hall–Kier alpha value is -1.31. The Morgan fingerprint density at radius 2 is 2.05 bits per heavy atom. The summed E-state index contributed by atoms with van der Waals surface area (Å²) in [5.41, 5.74) is 6.99. The van der Waals surface area contributed by atoms with Gasteiger partial charge in [-0.2, -0.15) is 0 Å². The van der Waals surface area contributed by atoms with Gasteiger partial charge < -0.3 is 10.6 Å². The number of primary sulfonamides is 1. The highest BCUT2D eigenvalue weighted by Crippen LogP contribution is 2.30. The molecule has 2 rings (SSSR count). The van der Waals surface area contributed by atoms with E-state index in [4.69, 9.17) is 10.9 Å². The highest BCUT2D eigenvalue weighted by atomic mass is 32.2. The minimum absolute atomic E-state index is 0.000532. The van der Waals surface area contributed by atoms with Gasteiger partial charge in [0.15, 0.2) is 0 Å². The molecule has 0 saturated carbocycles. The molecule has 6 nitrogen and oxygen atoms in total. The zero-order valence-electron chi connectivity index (χ0n) is 11.9.